The maximum absolute atomic E-state index is 12.7. The molecule has 10 heteroatoms. The summed E-state index contributed by atoms with van der Waals surface area (Å²) in [5.41, 5.74) is 0.314. The van der Waals surface area contributed by atoms with Crippen LogP contribution in [-0.2, 0) is 23.9 Å². The van der Waals surface area contributed by atoms with Gasteiger partial charge in [-0.2, -0.15) is 0 Å². The van der Waals surface area contributed by atoms with Gasteiger partial charge in [0.2, 0.25) is 0 Å². The van der Waals surface area contributed by atoms with Gasteiger partial charge in [0.1, 0.15) is 23.0 Å². The molecule has 1 saturated carbocycles. The molecule has 0 unspecified atom stereocenters. The number of hydrogen-bond donors (Lipinski definition) is 1. The Morgan fingerprint density at radius 1 is 0.767 bits per heavy atom. The number of rotatable bonds is 18. The van der Waals surface area contributed by atoms with Gasteiger partial charge in [-0.05, 0) is 81.0 Å². The van der Waals surface area contributed by atoms with E-state index in [9.17, 15) is 19.2 Å². The fourth-order valence-electron chi connectivity index (χ4n) is 4.76. The molecule has 1 aliphatic rings. The van der Waals surface area contributed by atoms with Crippen LogP contribution >= 0.6 is 0 Å². The van der Waals surface area contributed by atoms with Gasteiger partial charge in [0.15, 0.2) is 0 Å². The van der Waals surface area contributed by atoms with Crippen LogP contribution in [0.3, 0.4) is 0 Å². The van der Waals surface area contributed by atoms with Crippen molar-refractivity contribution >= 4 is 30.6 Å². The fraction of sp³-hybridized carbons (Fsp3) is 0.424. The van der Waals surface area contributed by atoms with Crippen molar-refractivity contribution in [3.8, 4) is 23.0 Å². The van der Waals surface area contributed by atoms with E-state index in [4.69, 9.17) is 29.1 Å². The molecule has 0 aliphatic heterocycles. The second-order valence-electron chi connectivity index (χ2n) is 10.3. The van der Waals surface area contributed by atoms with Crippen molar-refractivity contribution in [3.63, 3.8) is 0 Å². The third kappa shape index (κ3) is 11.4. The smallest absolute Gasteiger partial charge is 0.330 e. The second-order valence-corrected chi connectivity index (χ2v) is 10.3. The standard InChI is InChI=1S/C33H39NO9/c1-2-31(36)40-20-8-6-4-3-5-7-19-39-27-13-15-28(16-14-27)42-32(37)24-9-11-25(12-10-24)33(38)43-29-17-18-30(41-23-35)26(21-29)22-34/h2,13-18,21-25,34H,1,3-12,19-20H2/t24-,25-. The van der Waals surface area contributed by atoms with Crippen molar-refractivity contribution in [2.75, 3.05) is 13.2 Å². The molecule has 1 aliphatic carbocycles. The average Bonchev–Trinajstić information content (AvgIpc) is 3.03. The lowest BCUT2D eigenvalue weighted by Crippen LogP contribution is -2.30. The van der Waals surface area contributed by atoms with Gasteiger partial charge in [0.25, 0.3) is 6.47 Å². The highest BCUT2D eigenvalue weighted by Crippen LogP contribution is 2.32. The minimum absolute atomic E-state index is 0.201. The molecule has 0 heterocycles. The number of esters is 3. The molecule has 10 nitrogen and oxygen atoms in total. The normalized spacial score (nSPS) is 15.9. The van der Waals surface area contributed by atoms with Crippen LogP contribution < -0.4 is 18.9 Å². The predicted octanol–water partition coefficient (Wildman–Crippen LogP) is 5.99. The summed E-state index contributed by atoms with van der Waals surface area (Å²) >= 11 is 0. The van der Waals surface area contributed by atoms with Crippen LogP contribution in [0.2, 0.25) is 0 Å². The Balaban J connectivity index is 1.30. The van der Waals surface area contributed by atoms with E-state index in [1.165, 1.54) is 24.3 Å². The second kappa shape index (κ2) is 18.1. The van der Waals surface area contributed by atoms with Crippen LogP contribution in [0, 0.1) is 17.2 Å². The van der Waals surface area contributed by atoms with Crippen molar-refractivity contribution in [1.29, 1.82) is 5.41 Å². The first-order chi connectivity index (χ1) is 20.9. The summed E-state index contributed by atoms with van der Waals surface area (Å²) in [5, 5.41) is 7.45. The van der Waals surface area contributed by atoms with Crippen LogP contribution in [0.1, 0.15) is 69.8 Å². The number of hydrogen-bond acceptors (Lipinski definition) is 10. The predicted molar refractivity (Wildman–Crippen MR) is 159 cm³/mol. The highest BCUT2D eigenvalue weighted by molar-refractivity contribution is 5.84. The van der Waals surface area contributed by atoms with E-state index < -0.39 is 5.97 Å². The van der Waals surface area contributed by atoms with Crippen molar-refractivity contribution in [2.45, 2.75) is 64.2 Å². The largest absolute Gasteiger partial charge is 0.494 e. The van der Waals surface area contributed by atoms with Gasteiger partial charge in [0, 0.05) is 17.9 Å². The minimum atomic E-state index is -0.397. The quantitative estimate of drug-likeness (QED) is 0.0552. The van der Waals surface area contributed by atoms with Crippen LogP contribution in [0.4, 0.5) is 0 Å². The lowest BCUT2D eigenvalue weighted by molar-refractivity contribution is -0.145. The number of carbonyl (C=O) groups is 4. The van der Waals surface area contributed by atoms with Crippen LogP contribution in [0.15, 0.2) is 55.1 Å². The van der Waals surface area contributed by atoms with E-state index in [0.717, 1.165) is 44.7 Å². The van der Waals surface area contributed by atoms with Gasteiger partial charge < -0.3 is 29.1 Å². The molecule has 1 N–H and O–H groups in total. The van der Waals surface area contributed by atoms with E-state index >= 15 is 0 Å². The van der Waals surface area contributed by atoms with Crippen molar-refractivity contribution in [2.24, 2.45) is 11.8 Å². The molecule has 3 rings (SSSR count). The van der Waals surface area contributed by atoms with Gasteiger partial charge in [-0.3, -0.25) is 14.4 Å². The van der Waals surface area contributed by atoms with E-state index in [1.54, 1.807) is 24.3 Å². The van der Waals surface area contributed by atoms with E-state index in [0.29, 0.717) is 56.0 Å². The molecule has 0 atom stereocenters. The molecule has 0 aromatic heterocycles. The van der Waals surface area contributed by atoms with E-state index in [2.05, 4.69) is 6.58 Å². The monoisotopic (exact) mass is 593 g/mol. The summed E-state index contributed by atoms with van der Waals surface area (Å²) in [6.07, 6.45) is 10.3. The number of carbonyl (C=O) groups excluding carboxylic acids is 4. The maximum atomic E-state index is 12.7. The number of ether oxygens (including phenoxy) is 5. The zero-order valence-corrected chi connectivity index (χ0v) is 24.3. The van der Waals surface area contributed by atoms with Crippen molar-refractivity contribution in [1.82, 2.24) is 0 Å². The highest BCUT2D eigenvalue weighted by Gasteiger charge is 2.32. The zero-order valence-electron chi connectivity index (χ0n) is 24.3. The Labute approximate surface area is 251 Å². The molecule has 43 heavy (non-hydrogen) atoms. The number of unbranched alkanes of at least 4 members (excludes halogenated alkanes) is 5. The Kier molecular flexibility index (Phi) is 13.9. The topological polar surface area (TPSA) is 138 Å². The van der Waals surface area contributed by atoms with Gasteiger partial charge in [-0.15, -0.1) is 0 Å². The Morgan fingerprint density at radius 2 is 1.30 bits per heavy atom. The lowest BCUT2D eigenvalue weighted by Gasteiger charge is -2.25. The van der Waals surface area contributed by atoms with Gasteiger partial charge >= 0.3 is 17.9 Å². The first-order valence-electron chi connectivity index (χ1n) is 14.6. The van der Waals surface area contributed by atoms with Crippen molar-refractivity contribution in [3.05, 3.63) is 60.7 Å². The molecule has 0 spiro atoms. The molecule has 0 saturated heterocycles. The Hall–Kier alpha value is -4.47. The summed E-state index contributed by atoms with van der Waals surface area (Å²) in [6.45, 7) is 4.67. The highest BCUT2D eigenvalue weighted by atomic mass is 16.5. The average molecular weight is 594 g/mol. The molecule has 2 aromatic carbocycles. The number of benzene rings is 2. The lowest BCUT2D eigenvalue weighted by atomic mass is 9.82. The SMILES string of the molecule is C=CC(=O)OCCCCCCCCOc1ccc(OC(=O)[C@H]2CC[C@H](C(=O)Oc3ccc(OC=O)c(C=N)c3)CC2)cc1. The fourth-order valence-corrected chi connectivity index (χ4v) is 4.76. The van der Waals surface area contributed by atoms with Gasteiger partial charge in [-0.1, -0.05) is 32.3 Å². The summed E-state index contributed by atoms with van der Waals surface area (Å²) in [5.74, 6) is -0.122. The summed E-state index contributed by atoms with van der Waals surface area (Å²) in [7, 11) is 0. The third-order valence-electron chi connectivity index (χ3n) is 7.18. The Morgan fingerprint density at radius 3 is 1.88 bits per heavy atom. The first kappa shape index (κ1) is 33.0. The van der Waals surface area contributed by atoms with Gasteiger partial charge in [-0.25, -0.2) is 4.79 Å². The van der Waals surface area contributed by atoms with E-state index in [-0.39, 0.29) is 41.7 Å². The summed E-state index contributed by atoms with van der Waals surface area (Å²) < 4.78 is 26.6. The summed E-state index contributed by atoms with van der Waals surface area (Å²) in [6, 6.07) is 11.4. The summed E-state index contributed by atoms with van der Waals surface area (Å²) in [4.78, 5) is 46.9. The minimum Gasteiger partial charge on any atom is -0.494 e. The maximum Gasteiger partial charge on any atom is 0.330 e. The number of nitrogens with one attached hydrogen (secondary N) is 1. The molecule has 230 valence electrons. The zero-order chi connectivity index (χ0) is 30.9. The Bertz CT molecular complexity index is 1230. The molecule has 0 bridgehead atoms. The van der Waals surface area contributed by atoms with Crippen LogP contribution in [-0.4, -0.2) is 43.8 Å². The van der Waals surface area contributed by atoms with Crippen molar-refractivity contribution < 1.29 is 42.9 Å². The molecule has 1 fully saturated rings. The molecule has 0 radical (unpaired) electrons. The molecular formula is C33H39NO9. The first-order valence-corrected chi connectivity index (χ1v) is 14.6. The van der Waals surface area contributed by atoms with Crippen LogP contribution in [0.25, 0.3) is 0 Å². The third-order valence-corrected chi connectivity index (χ3v) is 7.18. The van der Waals surface area contributed by atoms with Gasteiger partial charge in [0.05, 0.1) is 25.0 Å². The molecule has 2 aromatic rings. The van der Waals surface area contributed by atoms with Crippen LogP contribution in [0.5, 0.6) is 23.0 Å². The molecule has 0 amide bonds. The molecular weight excluding hydrogens is 554 g/mol. The van der Waals surface area contributed by atoms with E-state index in [1.807, 2.05) is 0 Å².